The number of aryl methyl sites for hydroxylation is 1. The Bertz CT molecular complexity index is 1140. The predicted molar refractivity (Wildman–Crippen MR) is 148 cm³/mol. The Morgan fingerprint density at radius 1 is 1.05 bits per heavy atom. The molecule has 8 heteroatoms. The third-order valence-corrected chi connectivity index (χ3v) is 6.58. The van der Waals surface area contributed by atoms with Gasteiger partial charge in [-0.25, -0.2) is 4.79 Å². The van der Waals surface area contributed by atoms with E-state index in [-0.39, 0.29) is 23.6 Å². The van der Waals surface area contributed by atoms with Gasteiger partial charge in [0.1, 0.15) is 23.4 Å². The number of anilines is 1. The molecule has 0 spiro atoms. The largest absolute Gasteiger partial charge is 0.508 e. The van der Waals surface area contributed by atoms with E-state index < -0.39 is 29.7 Å². The van der Waals surface area contributed by atoms with E-state index in [1.54, 1.807) is 49.9 Å². The number of para-hydroxylation sites is 2. The Hall–Kier alpha value is -3.55. The molecule has 1 aliphatic carbocycles. The Kier molecular flexibility index (Phi) is 9.41. The lowest BCUT2D eigenvalue weighted by molar-refractivity contribution is -0.146. The third kappa shape index (κ3) is 7.49. The van der Waals surface area contributed by atoms with Crippen LogP contribution in [0.5, 0.6) is 5.75 Å². The molecule has 38 heavy (non-hydrogen) atoms. The van der Waals surface area contributed by atoms with Gasteiger partial charge in [0.05, 0.1) is 0 Å². The minimum atomic E-state index is -1.09. The van der Waals surface area contributed by atoms with Crippen LogP contribution >= 0.6 is 0 Å². The van der Waals surface area contributed by atoms with Gasteiger partial charge in [0, 0.05) is 17.3 Å². The first-order chi connectivity index (χ1) is 17.9. The van der Waals surface area contributed by atoms with Crippen molar-refractivity contribution in [3.8, 4) is 5.75 Å². The number of ether oxygens (including phenoxy) is 1. The maximum Gasteiger partial charge on any atom is 0.408 e. The number of hydrogen-bond acceptors (Lipinski definition) is 5. The van der Waals surface area contributed by atoms with Crippen molar-refractivity contribution >= 4 is 23.6 Å². The topological polar surface area (TPSA) is 108 Å². The molecule has 2 atom stereocenters. The van der Waals surface area contributed by atoms with Gasteiger partial charge in [-0.05, 0) is 77.0 Å². The summed E-state index contributed by atoms with van der Waals surface area (Å²) in [7, 11) is 0. The van der Waals surface area contributed by atoms with Gasteiger partial charge in [-0.3, -0.25) is 9.59 Å². The lowest BCUT2D eigenvalue weighted by Crippen LogP contribution is -2.57. The normalized spacial score (nSPS) is 15.2. The van der Waals surface area contributed by atoms with Crippen molar-refractivity contribution in [3.63, 3.8) is 0 Å². The van der Waals surface area contributed by atoms with Crippen molar-refractivity contribution in [3.05, 3.63) is 59.7 Å². The molecule has 3 amide bonds. The zero-order chi connectivity index (χ0) is 28.0. The van der Waals surface area contributed by atoms with Crippen LogP contribution in [0.4, 0.5) is 10.5 Å². The van der Waals surface area contributed by atoms with E-state index in [0.29, 0.717) is 17.7 Å². The fraction of sp³-hybridized carbons (Fsp3) is 0.500. The smallest absolute Gasteiger partial charge is 0.408 e. The number of carbonyl (C=O) groups excluding carboxylic acids is 3. The van der Waals surface area contributed by atoms with Crippen LogP contribution in [0.2, 0.25) is 0 Å². The van der Waals surface area contributed by atoms with Crippen LogP contribution in [0, 0.1) is 12.8 Å². The highest BCUT2D eigenvalue weighted by atomic mass is 16.6. The summed E-state index contributed by atoms with van der Waals surface area (Å²) in [6, 6.07) is 11.8. The van der Waals surface area contributed by atoms with Gasteiger partial charge in [-0.2, -0.15) is 0 Å². The number of nitrogens with zero attached hydrogens (tertiary/aromatic N) is 1. The Morgan fingerprint density at radius 2 is 1.68 bits per heavy atom. The number of aromatic hydroxyl groups is 1. The Morgan fingerprint density at radius 3 is 2.24 bits per heavy atom. The van der Waals surface area contributed by atoms with E-state index in [2.05, 4.69) is 10.6 Å². The molecule has 1 saturated carbocycles. The molecule has 206 valence electrons. The lowest BCUT2D eigenvalue weighted by atomic mass is 9.87. The summed E-state index contributed by atoms with van der Waals surface area (Å²) >= 11 is 0. The first kappa shape index (κ1) is 29.0. The van der Waals surface area contributed by atoms with E-state index in [9.17, 15) is 19.5 Å². The van der Waals surface area contributed by atoms with Gasteiger partial charge in [-0.1, -0.05) is 50.2 Å². The fourth-order valence-corrected chi connectivity index (χ4v) is 4.56. The maximum atomic E-state index is 14.3. The molecule has 8 nitrogen and oxygen atoms in total. The summed E-state index contributed by atoms with van der Waals surface area (Å²) in [5, 5.41) is 16.5. The molecular weight excluding hydrogens is 482 g/mol. The van der Waals surface area contributed by atoms with Crippen LogP contribution in [0.25, 0.3) is 0 Å². The van der Waals surface area contributed by atoms with Crippen molar-refractivity contribution in [1.29, 1.82) is 0 Å². The van der Waals surface area contributed by atoms with E-state index in [0.717, 1.165) is 24.8 Å². The summed E-state index contributed by atoms with van der Waals surface area (Å²) < 4.78 is 5.44. The molecule has 1 fully saturated rings. The molecule has 0 saturated heterocycles. The highest BCUT2D eigenvalue weighted by Crippen LogP contribution is 2.37. The van der Waals surface area contributed by atoms with E-state index >= 15 is 0 Å². The predicted octanol–water partition coefficient (Wildman–Crippen LogP) is 5.70. The molecule has 0 aromatic heterocycles. The summed E-state index contributed by atoms with van der Waals surface area (Å²) in [5.74, 6) is -0.786. The summed E-state index contributed by atoms with van der Waals surface area (Å²) in [5.41, 5.74) is 1.11. The van der Waals surface area contributed by atoms with Crippen molar-refractivity contribution in [2.24, 2.45) is 5.92 Å². The van der Waals surface area contributed by atoms with Crippen LogP contribution in [0.3, 0.4) is 0 Å². The number of phenols is 1. The number of rotatable bonds is 9. The first-order valence-electron chi connectivity index (χ1n) is 13.3. The molecule has 3 N–H and O–H groups in total. The number of amides is 3. The van der Waals surface area contributed by atoms with Gasteiger partial charge in [0.2, 0.25) is 5.91 Å². The third-order valence-electron chi connectivity index (χ3n) is 6.58. The van der Waals surface area contributed by atoms with Crippen molar-refractivity contribution in [1.82, 2.24) is 10.2 Å². The number of benzene rings is 2. The van der Waals surface area contributed by atoms with Gasteiger partial charge in [0.25, 0.3) is 5.91 Å². The van der Waals surface area contributed by atoms with Gasteiger partial charge in [-0.15, -0.1) is 0 Å². The molecular formula is C30H41N3O5. The number of phenolic OH excluding ortho intramolecular Hbond substituents is 1. The van der Waals surface area contributed by atoms with Gasteiger partial charge < -0.3 is 25.4 Å². The molecule has 0 bridgehead atoms. The fourth-order valence-electron chi connectivity index (χ4n) is 4.56. The van der Waals surface area contributed by atoms with Crippen molar-refractivity contribution in [2.45, 2.75) is 91.0 Å². The van der Waals surface area contributed by atoms with E-state index in [1.165, 1.54) is 6.07 Å². The molecule has 2 aromatic carbocycles. The van der Waals surface area contributed by atoms with Crippen molar-refractivity contribution in [2.75, 3.05) is 5.32 Å². The van der Waals surface area contributed by atoms with E-state index in [1.807, 2.05) is 39.0 Å². The Balaban J connectivity index is 2.04. The summed E-state index contributed by atoms with van der Waals surface area (Å²) in [6.45, 7) is 11.1. The van der Waals surface area contributed by atoms with Gasteiger partial charge >= 0.3 is 6.09 Å². The summed E-state index contributed by atoms with van der Waals surface area (Å²) in [6.07, 6.45) is 2.07. The molecule has 2 unspecified atom stereocenters. The first-order valence-corrected chi connectivity index (χ1v) is 13.3. The summed E-state index contributed by atoms with van der Waals surface area (Å²) in [4.78, 5) is 42.5. The quantitative estimate of drug-likeness (QED) is 0.391. The Labute approximate surface area is 225 Å². The highest BCUT2D eigenvalue weighted by Gasteiger charge is 2.43. The van der Waals surface area contributed by atoms with Crippen LogP contribution in [-0.4, -0.2) is 45.6 Å². The minimum Gasteiger partial charge on any atom is -0.508 e. The number of alkyl carbamates (subject to hydrolysis) is 1. The second-order valence-corrected chi connectivity index (χ2v) is 11.4. The molecule has 2 aromatic rings. The van der Waals surface area contributed by atoms with Crippen LogP contribution in [0.1, 0.15) is 77.5 Å². The highest BCUT2D eigenvalue weighted by molar-refractivity contribution is 6.00. The zero-order valence-corrected chi connectivity index (χ0v) is 23.3. The lowest BCUT2D eigenvalue weighted by Gasteiger charge is -2.44. The van der Waals surface area contributed by atoms with Crippen molar-refractivity contribution < 1.29 is 24.2 Å². The van der Waals surface area contributed by atoms with E-state index in [4.69, 9.17) is 4.74 Å². The molecule has 1 aliphatic rings. The average Bonchev–Trinajstić information content (AvgIpc) is 2.77. The van der Waals surface area contributed by atoms with Crippen LogP contribution in [-0.2, 0) is 14.3 Å². The number of nitrogens with one attached hydrogen (secondary N) is 2. The number of hydrogen-bond donors (Lipinski definition) is 3. The van der Waals surface area contributed by atoms with Crippen LogP contribution in [0.15, 0.2) is 48.5 Å². The average molecular weight is 524 g/mol. The monoisotopic (exact) mass is 523 g/mol. The zero-order valence-electron chi connectivity index (χ0n) is 23.3. The molecule has 0 aliphatic heterocycles. The maximum absolute atomic E-state index is 14.3. The minimum absolute atomic E-state index is 0.0740. The standard InChI is InChI=1S/C30H41N3O5/c1-19(2)18-24(32-29(37)38-30(4,5)6)28(36)33(21-13-11-14-21)26(22-15-8-10-17-25(22)34)27(35)31-23-16-9-7-12-20(23)3/h7-10,12,15-17,19,21,24,26,34H,11,13-14,18H2,1-6H3,(H,31,35)(H,32,37). The van der Waals surface area contributed by atoms with Gasteiger partial charge in [0.15, 0.2) is 0 Å². The molecule has 0 radical (unpaired) electrons. The second-order valence-electron chi connectivity index (χ2n) is 11.4. The second kappa shape index (κ2) is 12.3. The molecule has 3 rings (SSSR count). The van der Waals surface area contributed by atoms with Crippen LogP contribution < -0.4 is 10.6 Å². The molecule has 0 heterocycles. The number of carbonyl (C=O) groups is 3. The SMILES string of the molecule is Cc1ccccc1NC(=O)C(c1ccccc1O)N(C(=O)C(CC(C)C)NC(=O)OC(C)(C)C)C1CCC1.